The topological polar surface area (TPSA) is 43.1 Å². The lowest BCUT2D eigenvalue weighted by Gasteiger charge is -1.96. The number of para-hydroxylation sites is 1. The maximum atomic E-state index is 4.38. The largest absolute Gasteiger partial charge is 0.286 e. The third kappa shape index (κ3) is 2.98. The van der Waals surface area contributed by atoms with E-state index in [1.807, 2.05) is 54.7 Å². The van der Waals surface area contributed by atoms with Crippen molar-refractivity contribution in [1.29, 1.82) is 0 Å². The summed E-state index contributed by atoms with van der Waals surface area (Å²) < 4.78 is 1.74. The molecule has 0 spiro atoms. The van der Waals surface area contributed by atoms with Gasteiger partial charge in [0.05, 0.1) is 24.6 Å². The number of benzene rings is 2. The van der Waals surface area contributed by atoms with Crippen LogP contribution in [0.4, 0.5) is 0 Å². The summed E-state index contributed by atoms with van der Waals surface area (Å²) in [5.41, 5.74) is 2.92. The van der Waals surface area contributed by atoms with Gasteiger partial charge in [0.1, 0.15) is 5.69 Å². The first kappa shape index (κ1) is 12.3. The predicted molar refractivity (Wildman–Crippen MR) is 79.1 cm³/mol. The molecular weight excluding hydrogens is 248 g/mol. The van der Waals surface area contributed by atoms with E-state index in [-0.39, 0.29) is 0 Å². The molecule has 0 saturated heterocycles. The second-order valence-electron chi connectivity index (χ2n) is 4.38. The molecule has 20 heavy (non-hydrogen) atoms. The van der Waals surface area contributed by atoms with Crippen molar-refractivity contribution in [2.45, 2.75) is 6.54 Å². The highest BCUT2D eigenvalue weighted by molar-refractivity contribution is 5.76. The van der Waals surface area contributed by atoms with Crippen LogP contribution in [-0.2, 0) is 6.54 Å². The van der Waals surface area contributed by atoms with Gasteiger partial charge in [0.25, 0.3) is 0 Å². The molecule has 0 saturated carbocycles. The van der Waals surface area contributed by atoms with Crippen LogP contribution in [0.3, 0.4) is 0 Å². The van der Waals surface area contributed by atoms with Gasteiger partial charge >= 0.3 is 0 Å². The monoisotopic (exact) mass is 262 g/mol. The average molecular weight is 262 g/mol. The Morgan fingerprint density at radius 2 is 1.65 bits per heavy atom. The molecule has 0 unspecified atom stereocenters. The molecule has 0 aliphatic carbocycles. The van der Waals surface area contributed by atoms with Gasteiger partial charge in [-0.25, -0.2) is 4.68 Å². The third-order valence-corrected chi connectivity index (χ3v) is 2.87. The Bertz CT molecular complexity index is 687. The van der Waals surface area contributed by atoms with Crippen molar-refractivity contribution in [3.05, 3.63) is 78.1 Å². The summed E-state index contributed by atoms with van der Waals surface area (Å²) in [6.45, 7) is 0.652. The number of aliphatic imine (C=N–C) groups is 1. The van der Waals surface area contributed by atoms with Gasteiger partial charge in [-0.1, -0.05) is 53.7 Å². The Kier molecular flexibility index (Phi) is 3.64. The number of hydrogen-bond acceptors (Lipinski definition) is 3. The molecule has 98 valence electrons. The normalized spacial score (nSPS) is 11.0. The van der Waals surface area contributed by atoms with Gasteiger partial charge < -0.3 is 0 Å². The molecule has 1 aromatic heterocycles. The van der Waals surface area contributed by atoms with Crippen LogP contribution >= 0.6 is 0 Å². The van der Waals surface area contributed by atoms with Gasteiger partial charge in [0, 0.05) is 0 Å². The second-order valence-corrected chi connectivity index (χ2v) is 4.38. The summed E-state index contributed by atoms with van der Waals surface area (Å²) in [7, 11) is 0. The Morgan fingerprint density at radius 3 is 2.40 bits per heavy atom. The first-order chi connectivity index (χ1) is 9.92. The first-order valence-corrected chi connectivity index (χ1v) is 6.43. The summed E-state index contributed by atoms with van der Waals surface area (Å²) in [4.78, 5) is 4.38. The molecule has 4 nitrogen and oxygen atoms in total. The quantitative estimate of drug-likeness (QED) is 0.678. The number of rotatable bonds is 4. The fraction of sp³-hybridized carbons (Fsp3) is 0.0625. The lowest BCUT2D eigenvalue weighted by atomic mass is 10.2. The van der Waals surface area contributed by atoms with Crippen molar-refractivity contribution < 1.29 is 0 Å². The standard InChI is InChI=1S/C16H14N4/c1-3-7-14(8-4-1)11-17-12-15-13-20(19-18-15)16-9-5-2-6-10-16/h1-10,12-13H,11H2. The van der Waals surface area contributed by atoms with E-state index in [4.69, 9.17) is 0 Å². The summed E-state index contributed by atoms with van der Waals surface area (Å²) in [5, 5.41) is 8.17. The van der Waals surface area contributed by atoms with Crippen LogP contribution in [0.15, 0.2) is 71.9 Å². The van der Waals surface area contributed by atoms with E-state index in [0.717, 1.165) is 11.4 Å². The maximum Gasteiger partial charge on any atom is 0.124 e. The number of aromatic nitrogens is 3. The van der Waals surface area contributed by atoms with E-state index >= 15 is 0 Å². The minimum Gasteiger partial charge on any atom is -0.286 e. The molecule has 3 aromatic rings. The van der Waals surface area contributed by atoms with Crippen molar-refractivity contribution in [1.82, 2.24) is 15.0 Å². The fourth-order valence-electron chi connectivity index (χ4n) is 1.87. The van der Waals surface area contributed by atoms with Crippen LogP contribution in [0.5, 0.6) is 0 Å². The smallest absolute Gasteiger partial charge is 0.124 e. The first-order valence-electron chi connectivity index (χ1n) is 6.43. The van der Waals surface area contributed by atoms with Gasteiger partial charge in [-0.3, -0.25) is 4.99 Å². The molecular formula is C16H14N4. The molecule has 0 aliphatic rings. The highest BCUT2D eigenvalue weighted by atomic mass is 15.4. The van der Waals surface area contributed by atoms with Crippen molar-refractivity contribution in [3.8, 4) is 5.69 Å². The molecule has 0 atom stereocenters. The van der Waals surface area contributed by atoms with Crippen LogP contribution in [0.2, 0.25) is 0 Å². The molecule has 0 radical (unpaired) electrons. The van der Waals surface area contributed by atoms with Gasteiger partial charge in [-0.15, -0.1) is 5.10 Å². The highest BCUT2D eigenvalue weighted by Crippen LogP contribution is 2.05. The van der Waals surface area contributed by atoms with Gasteiger partial charge in [-0.05, 0) is 17.7 Å². The van der Waals surface area contributed by atoms with Crippen molar-refractivity contribution >= 4 is 6.21 Å². The van der Waals surface area contributed by atoms with E-state index in [9.17, 15) is 0 Å². The van der Waals surface area contributed by atoms with E-state index in [1.54, 1.807) is 10.9 Å². The molecule has 1 heterocycles. The molecule has 0 fully saturated rings. The predicted octanol–water partition coefficient (Wildman–Crippen LogP) is 2.89. The van der Waals surface area contributed by atoms with Crippen molar-refractivity contribution in [2.24, 2.45) is 4.99 Å². The van der Waals surface area contributed by atoms with E-state index < -0.39 is 0 Å². The maximum absolute atomic E-state index is 4.38. The van der Waals surface area contributed by atoms with Crippen LogP contribution in [0, 0.1) is 0 Å². The Hall–Kier alpha value is -2.75. The minimum absolute atomic E-state index is 0.652. The fourth-order valence-corrected chi connectivity index (χ4v) is 1.87. The van der Waals surface area contributed by atoms with Gasteiger partial charge in [0.2, 0.25) is 0 Å². The highest BCUT2D eigenvalue weighted by Gasteiger charge is 1.99. The van der Waals surface area contributed by atoms with E-state index in [1.165, 1.54) is 5.56 Å². The molecule has 0 amide bonds. The summed E-state index contributed by atoms with van der Waals surface area (Å²) in [6.07, 6.45) is 3.61. The minimum atomic E-state index is 0.652. The summed E-state index contributed by atoms with van der Waals surface area (Å²) >= 11 is 0. The number of hydrogen-bond donors (Lipinski definition) is 0. The zero-order valence-electron chi connectivity index (χ0n) is 10.9. The molecule has 3 rings (SSSR count). The molecule has 2 aromatic carbocycles. The van der Waals surface area contributed by atoms with Crippen LogP contribution < -0.4 is 0 Å². The van der Waals surface area contributed by atoms with Crippen LogP contribution in [-0.4, -0.2) is 21.2 Å². The van der Waals surface area contributed by atoms with Crippen LogP contribution in [0.1, 0.15) is 11.3 Å². The zero-order chi connectivity index (χ0) is 13.6. The SMILES string of the molecule is C(=NCc1ccccc1)c1cn(-c2ccccc2)nn1. The van der Waals surface area contributed by atoms with Gasteiger partial charge in [-0.2, -0.15) is 0 Å². The summed E-state index contributed by atoms with van der Waals surface area (Å²) in [5.74, 6) is 0. The lowest BCUT2D eigenvalue weighted by Crippen LogP contribution is -1.93. The van der Waals surface area contributed by atoms with E-state index in [0.29, 0.717) is 6.54 Å². The molecule has 4 heteroatoms. The molecule has 0 aliphatic heterocycles. The molecule has 0 N–H and O–H groups in total. The zero-order valence-corrected chi connectivity index (χ0v) is 10.9. The van der Waals surface area contributed by atoms with E-state index in [2.05, 4.69) is 27.4 Å². The Morgan fingerprint density at radius 1 is 0.950 bits per heavy atom. The second kappa shape index (κ2) is 5.93. The summed E-state index contributed by atoms with van der Waals surface area (Å²) in [6, 6.07) is 20.0. The van der Waals surface area contributed by atoms with Gasteiger partial charge in [0.15, 0.2) is 0 Å². The third-order valence-electron chi connectivity index (χ3n) is 2.87. The van der Waals surface area contributed by atoms with Crippen molar-refractivity contribution in [3.63, 3.8) is 0 Å². The van der Waals surface area contributed by atoms with Crippen LogP contribution in [0.25, 0.3) is 5.69 Å². The average Bonchev–Trinajstić information content (AvgIpc) is 2.98. The molecule has 0 bridgehead atoms. The van der Waals surface area contributed by atoms with Crippen molar-refractivity contribution in [2.75, 3.05) is 0 Å². The lowest BCUT2D eigenvalue weighted by molar-refractivity contribution is 0.803. The Labute approximate surface area is 117 Å². The number of nitrogens with zero attached hydrogens (tertiary/aromatic N) is 4. The Balaban J connectivity index is 1.69.